The average molecular weight is 446 g/mol. The second-order valence-electron chi connectivity index (χ2n) is 6.81. The largest absolute Gasteiger partial charge is 0.507 e. The summed E-state index contributed by atoms with van der Waals surface area (Å²) < 4.78 is 10.7. The lowest BCUT2D eigenvalue weighted by atomic mass is 9.95. The van der Waals surface area contributed by atoms with Crippen molar-refractivity contribution in [1.82, 2.24) is 4.90 Å². The molecule has 31 heavy (non-hydrogen) atoms. The summed E-state index contributed by atoms with van der Waals surface area (Å²) in [6, 6.07) is 12.6. The first kappa shape index (κ1) is 22.8. The molecule has 2 N–H and O–H groups in total. The Labute approximate surface area is 185 Å². The second kappa shape index (κ2) is 10.4. The number of Topliss-reactive ketones (excluding diaryl/α,β-unsaturated/α-hetero) is 1. The molecule has 8 heteroatoms. The van der Waals surface area contributed by atoms with Crippen molar-refractivity contribution in [2.24, 2.45) is 0 Å². The molecule has 2 aromatic rings. The smallest absolute Gasteiger partial charge is 0.295 e. The molecular weight excluding hydrogens is 422 g/mol. The van der Waals surface area contributed by atoms with Crippen LogP contribution < -0.4 is 4.74 Å². The average Bonchev–Trinajstić information content (AvgIpc) is 3.02. The molecule has 0 aliphatic carbocycles. The molecule has 2 aromatic carbocycles. The third-order valence-electron chi connectivity index (χ3n) is 4.89. The number of ketones is 1. The van der Waals surface area contributed by atoms with Gasteiger partial charge < -0.3 is 24.6 Å². The first-order chi connectivity index (χ1) is 15.0. The van der Waals surface area contributed by atoms with Gasteiger partial charge >= 0.3 is 0 Å². The quantitative estimate of drug-likeness (QED) is 0.266. The van der Waals surface area contributed by atoms with Crippen molar-refractivity contribution in [3.8, 4) is 5.75 Å². The van der Waals surface area contributed by atoms with Crippen molar-refractivity contribution >= 4 is 29.1 Å². The number of ether oxygens (including phenoxy) is 2. The van der Waals surface area contributed by atoms with Crippen molar-refractivity contribution in [1.29, 1.82) is 0 Å². The van der Waals surface area contributed by atoms with Crippen LogP contribution in [-0.2, 0) is 14.3 Å². The molecule has 1 aliphatic rings. The lowest BCUT2D eigenvalue weighted by molar-refractivity contribution is -0.140. The Morgan fingerprint density at radius 2 is 1.81 bits per heavy atom. The number of amides is 1. The minimum Gasteiger partial charge on any atom is -0.507 e. The normalized spacial score (nSPS) is 17.9. The highest BCUT2D eigenvalue weighted by atomic mass is 35.5. The van der Waals surface area contributed by atoms with E-state index in [0.29, 0.717) is 28.5 Å². The Morgan fingerprint density at radius 3 is 2.45 bits per heavy atom. The van der Waals surface area contributed by atoms with Gasteiger partial charge in [0.2, 0.25) is 0 Å². The molecule has 1 amide bonds. The Kier molecular flexibility index (Phi) is 7.68. The van der Waals surface area contributed by atoms with E-state index in [1.54, 1.807) is 48.5 Å². The minimum atomic E-state index is -0.863. The van der Waals surface area contributed by atoms with Gasteiger partial charge in [0, 0.05) is 17.1 Å². The molecule has 0 aromatic heterocycles. The van der Waals surface area contributed by atoms with Crippen molar-refractivity contribution in [3.63, 3.8) is 0 Å². The van der Waals surface area contributed by atoms with Crippen LogP contribution >= 0.6 is 11.6 Å². The second-order valence-corrected chi connectivity index (χ2v) is 7.21. The molecular formula is C23H24ClNO6. The van der Waals surface area contributed by atoms with Crippen molar-refractivity contribution < 1.29 is 29.3 Å². The number of benzene rings is 2. The number of likely N-dealkylation sites (tertiary alicyclic amines) is 1. The van der Waals surface area contributed by atoms with E-state index in [2.05, 4.69) is 0 Å². The van der Waals surface area contributed by atoms with Gasteiger partial charge in [-0.25, -0.2) is 0 Å². The van der Waals surface area contributed by atoms with E-state index in [1.165, 1.54) is 4.90 Å². The maximum absolute atomic E-state index is 12.9. The van der Waals surface area contributed by atoms with Gasteiger partial charge in [-0.3, -0.25) is 9.59 Å². The molecule has 0 bridgehead atoms. The molecule has 0 unspecified atom stereocenters. The van der Waals surface area contributed by atoms with Gasteiger partial charge in [0.25, 0.3) is 11.7 Å². The summed E-state index contributed by atoms with van der Waals surface area (Å²) in [5.41, 5.74) is 0.873. The van der Waals surface area contributed by atoms with Crippen LogP contribution in [0.5, 0.6) is 5.75 Å². The van der Waals surface area contributed by atoms with Crippen LogP contribution in [0.25, 0.3) is 5.76 Å². The Hall–Kier alpha value is -2.87. The fourth-order valence-electron chi connectivity index (χ4n) is 3.49. The van der Waals surface area contributed by atoms with Crippen molar-refractivity contribution in [3.05, 3.63) is 70.3 Å². The van der Waals surface area contributed by atoms with Crippen LogP contribution in [0.1, 0.15) is 24.1 Å². The summed E-state index contributed by atoms with van der Waals surface area (Å²) >= 11 is 6.39. The fourth-order valence-corrected chi connectivity index (χ4v) is 3.73. The molecule has 0 radical (unpaired) electrons. The summed E-state index contributed by atoms with van der Waals surface area (Å²) in [5.74, 6) is -1.20. The number of carbonyl (C=O) groups excluding carboxylic acids is 2. The highest BCUT2D eigenvalue weighted by molar-refractivity contribution is 6.47. The SMILES string of the molecule is CCOc1ccc(/C(O)=C2\C(=O)C(=O)N(CCOCCO)[C@H]2c2ccccc2Cl)cc1. The van der Waals surface area contributed by atoms with Crippen LogP contribution in [-0.4, -0.2) is 59.8 Å². The zero-order valence-electron chi connectivity index (χ0n) is 17.1. The maximum Gasteiger partial charge on any atom is 0.295 e. The molecule has 164 valence electrons. The van der Waals surface area contributed by atoms with Crippen molar-refractivity contribution in [2.45, 2.75) is 13.0 Å². The maximum atomic E-state index is 12.9. The Morgan fingerprint density at radius 1 is 1.10 bits per heavy atom. The topological polar surface area (TPSA) is 96.3 Å². The first-order valence-electron chi connectivity index (χ1n) is 9.94. The Bertz CT molecular complexity index is 972. The van der Waals surface area contributed by atoms with Crippen LogP contribution in [0.2, 0.25) is 5.02 Å². The third kappa shape index (κ3) is 4.90. The fraction of sp³-hybridized carbons (Fsp3) is 0.304. The zero-order chi connectivity index (χ0) is 22.4. The van der Waals surface area contributed by atoms with Crippen LogP contribution in [0.3, 0.4) is 0 Å². The monoisotopic (exact) mass is 445 g/mol. The molecule has 0 spiro atoms. The minimum absolute atomic E-state index is 0.0376. The summed E-state index contributed by atoms with van der Waals surface area (Å²) in [6.07, 6.45) is 0. The molecule has 1 atom stereocenters. The summed E-state index contributed by atoms with van der Waals surface area (Å²) in [4.78, 5) is 27.1. The molecule has 7 nitrogen and oxygen atoms in total. The highest BCUT2D eigenvalue weighted by Gasteiger charge is 2.46. The van der Waals surface area contributed by atoms with E-state index in [-0.39, 0.29) is 37.7 Å². The lowest BCUT2D eigenvalue weighted by Crippen LogP contribution is -2.33. The van der Waals surface area contributed by atoms with Gasteiger partial charge in [0.15, 0.2) is 0 Å². The van der Waals surface area contributed by atoms with Crippen LogP contribution in [0, 0.1) is 0 Å². The Balaban J connectivity index is 2.05. The summed E-state index contributed by atoms with van der Waals surface area (Å²) in [6.45, 7) is 2.56. The van der Waals surface area contributed by atoms with E-state index in [4.69, 9.17) is 26.2 Å². The number of rotatable bonds is 9. The third-order valence-corrected chi connectivity index (χ3v) is 5.23. The number of hydrogen-bond donors (Lipinski definition) is 2. The summed E-state index contributed by atoms with van der Waals surface area (Å²) in [5, 5.41) is 20.3. The van der Waals surface area contributed by atoms with Gasteiger partial charge in [-0.2, -0.15) is 0 Å². The van der Waals surface area contributed by atoms with Gasteiger partial charge in [0.05, 0.1) is 38.0 Å². The number of halogens is 1. The number of aliphatic hydroxyl groups excluding tert-OH is 2. The van der Waals surface area contributed by atoms with E-state index >= 15 is 0 Å². The predicted octanol–water partition coefficient (Wildman–Crippen LogP) is 3.17. The van der Waals surface area contributed by atoms with E-state index in [9.17, 15) is 14.7 Å². The number of hydrogen-bond acceptors (Lipinski definition) is 6. The van der Waals surface area contributed by atoms with E-state index in [1.807, 2.05) is 6.92 Å². The van der Waals surface area contributed by atoms with E-state index < -0.39 is 17.7 Å². The van der Waals surface area contributed by atoms with Crippen LogP contribution in [0.4, 0.5) is 0 Å². The van der Waals surface area contributed by atoms with Crippen LogP contribution in [0.15, 0.2) is 54.1 Å². The predicted molar refractivity (Wildman–Crippen MR) is 116 cm³/mol. The molecule has 0 saturated carbocycles. The first-order valence-corrected chi connectivity index (χ1v) is 10.3. The van der Waals surface area contributed by atoms with Crippen molar-refractivity contribution in [2.75, 3.05) is 33.0 Å². The summed E-state index contributed by atoms with van der Waals surface area (Å²) in [7, 11) is 0. The standard InChI is InChI=1S/C23H24ClNO6/c1-2-31-16-9-7-15(8-10-16)21(27)19-20(17-5-3-4-6-18(17)24)25(23(29)22(19)28)11-13-30-14-12-26/h3-10,20,26-27H,2,11-14H2,1H3/b21-19+/t20-/m0/s1. The number of aliphatic hydroxyl groups is 2. The highest BCUT2D eigenvalue weighted by Crippen LogP contribution is 2.41. The van der Waals surface area contributed by atoms with E-state index in [0.717, 1.165) is 0 Å². The zero-order valence-corrected chi connectivity index (χ0v) is 17.8. The molecule has 3 rings (SSSR count). The van der Waals surface area contributed by atoms with Gasteiger partial charge in [-0.15, -0.1) is 0 Å². The number of nitrogens with zero attached hydrogens (tertiary/aromatic N) is 1. The molecule has 1 aliphatic heterocycles. The van der Waals surface area contributed by atoms with Gasteiger partial charge in [-0.1, -0.05) is 29.8 Å². The molecule has 1 fully saturated rings. The number of carbonyl (C=O) groups is 2. The van der Waals surface area contributed by atoms with Gasteiger partial charge in [0.1, 0.15) is 11.5 Å². The lowest BCUT2D eigenvalue weighted by Gasteiger charge is -2.26. The molecule has 1 saturated heterocycles. The molecule has 1 heterocycles. The van der Waals surface area contributed by atoms with Gasteiger partial charge in [-0.05, 0) is 42.8 Å².